The fourth-order valence-corrected chi connectivity index (χ4v) is 3.51. The van der Waals surface area contributed by atoms with Gasteiger partial charge in [-0.1, -0.05) is 41.9 Å². The summed E-state index contributed by atoms with van der Waals surface area (Å²) in [7, 11) is 1.61. The van der Waals surface area contributed by atoms with Crippen LogP contribution in [-0.2, 0) is 22.7 Å². The maximum Gasteiger partial charge on any atom is 0.225 e. The van der Waals surface area contributed by atoms with Crippen LogP contribution < -0.4 is 10.1 Å². The van der Waals surface area contributed by atoms with Crippen LogP contribution in [0.1, 0.15) is 24.0 Å². The highest BCUT2D eigenvalue weighted by molar-refractivity contribution is 6.30. The molecule has 2 aromatic carbocycles. The molecule has 142 valence electrons. The standard InChI is InChI=1S/C21H23ClN2O3/c1-27-19-8-3-2-6-16(19)13-24-14-17(9-10-20(24)25)21(26)23-12-15-5-4-7-18(22)11-15/h2-8,11,17H,9-10,12-14H2,1H3,(H,23,26)/t17-/m1/s1. The Kier molecular flexibility index (Phi) is 6.35. The lowest BCUT2D eigenvalue weighted by molar-refractivity contribution is -0.139. The third-order valence-electron chi connectivity index (χ3n) is 4.78. The first-order valence-corrected chi connectivity index (χ1v) is 9.36. The predicted octanol–water partition coefficient (Wildman–Crippen LogP) is 3.40. The Morgan fingerprint density at radius 3 is 2.85 bits per heavy atom. The highest BCUT2D eigenvalue weighted by Crippen LogP contribution is 2.24. The van der Waals surface area contributed by atoms with Crippen molar-refractivity contribution in [3.63, 3.8) is 0 Å². The van der Waals surface area contributed by atoms with Gasteiger partial charge in [-0.05, 0) is 30.2 Å². The summed E-state index contributed by atoms with van der Waals surface area (Å²) >= 11 is 5.98. The summed E-state index contributed by atoms with van der Waals surface area (Å²) in [5, 5.41) is 3.60. The van der Waals surface area contributed by atoms with E-state index in [1.54, 1.807) is 18.1 Å². The quantitative estimate of drug-likeness (QED) is 0.827. The van der Waals surface area contributed by atoms with E-state index < -0.39 is 0 Å². The van der Waals surface area contributed by atoms with Crippen molar-refractivity contribution in [2.75, 3.05) is 13.7 Å². The number of piperidine rings is 1. The van der Waals surface area contributed by atoms with Gasteiger partial charge in [0.2, 0.25) is 11.8 Å². The first-order valence-electron chi connectivity index (χ1n) is 8.98. The minimum absolute atomic E-state index is 0.0347. The number of amides is 2. The van der Waals surface area contributed by atoms with E-state index in [1.807, 2.05) is 42.5 Å². The van der Waals surface area contributed by atoms with Crippen molar-refractivity contribution < 1.29 is 14.3 Å². The summed E-state index contributed by atoms with van der Waals surface area (Å²) in [6, 6.07) is 15.0. The van der Waals surface area contributed by atoms with Gasteiger partial charge in [0.25, 0.3) is 0 Å². The highest BCUT2D eigenvalue weighted by Gasteiger charge is 2.30. The van der Waals surface area contributed by atoms with Gasteiger partial charge in [0, 0.05) is 36.6 Å². The maximum absolute atomic E-state index is 12.6. The maximum atomic E-state index is 12.6. The lowest BCUT2D eigenvalue weighted by atomic mass is 9.96. The van der Waals surface area contributed by atoms with E-state index in [1.165, 1.54) is 0 Å². The smallest absolute Gasteiger partial charge is 0.225 e. The molecule has 0 bridgehead atoms. The monoisotopic (exact) mass is 386 g/mol. The fourth-order valence-electron chi connectivity index (χ4n) is 3.30. The van der Waals surface area contributed by atoms with Crippen molar-refractivity contribution in [1.29, 1.82) is 0 Å². The van der Waals surface area contributed by atoms with Crippen molar-refractivity contribution in [1.82, 2.24) is 10.2 Å². The van der Waals surface area contributed by atoms with Crippen molar-refractivity contribution in [2.45, 2.75) is 25.9 Å². The molecule has 0 aliphatic carbocycles. The second-order valence-corrected chi connectivity index (χ2v) is 7.11. The van der Waals surface area contributed by atoms with E-state index in [4.69, 9.17) is 16.3 Å². The van der Waals surface area contributed by atoms with Gasteiger partial charge in [0.1, 0.15) is 5.75 Å². The first kappa shape index (κ1) is 19.2. The Balaban J connectivity index is 1.60. The number of rotatable bonds is 6. The zero-order chi connectivity index (χ0) is 19.2. The summed E-state index contributed by atoms with van der Waals surface area (Å²) in [5.41, 5.74) is 1.89. The Bertz CT molecular complexity index is 825. The molecule has 1 aliphatic heterocycles. The van der Waals surface area contributed by atoms with Crippen LogP contribution in [0, 0.1) is 5.92 Å². The third-order valence-corrected chi connectivity index (χ3v) is 5.02. The van der Waals surface area contributed by atoms with Crippen molar-refractivity contribution >= 4 is 23.4 Å². The number of nitrogens with one attached hydrogen (secondary N) is 1. The van der Waals surface area contributed by atoms with Crippen molar-refractivity contribution in [2.24, 2.45) is 5.92 Å². The van der Waals surface area contributed by atoms with Gasteiger partial charge >= 0.3 is 0 Å². The zero-order valence-electron chi connectivity index (χ0n) is 15.3. The molecule has 5 nitrogen and oxygen atoms in total. The van der Waals surface area contributed by atoms with E-state index in [0.29, 0.717) is 37.5 Å². The molecule has 1 fully saturated rings. The van der Waals surface area contributed by atoms with Gasteiger partial charge in [-0.2, -0.15) is 0 Å². The molecule has 6 heteroatoms. The van der Waals surface area contributed by atoms with Crippen LogP contribution in [0.2, 0.25) is 5.02 Å². The molecule has 0 unspecified atom stereocenters. The number of para-hydroxylation sites is 1. The summed E-state index contributed by atoms with van der Waals surface area (Å²) in [6.45, 7) is 1.29. The van der Waals surface area contributed by atoms with Crippen LogP contribution in [0.25, 0.3) is 0 Å². The number of carbonyl (C=O) groups is 2. The van der Waals surface area contributed by atoms with E-state index in [-0.39, 0.29) is 17.7 Å². The van der Waals surface area contributed by atoms with E-state index >= 15 is 0 Å². The predicted molar refractivity (Wildman–Crippen MR) is 104 cm³/mol. The molecule has 1 atom stereocenters. The Labute approximate surface area is 164 Å². The van der Waals surface area contributed by atoms with Gasteiger partial charge in [0.05, 0.1) is 13.0 Å². The van der Waals surface area contributed by atoms with Gasteiger partial charge in [-0.15, -0.1) is 0 Å². The van der Waals surface area contributed by atoms with Crippen LogP contribution in [0.15, 0.2) is 48.5 Å². The molecule has 1 saturated heterocycles. The van der Waals surface area contributed by atoms with Gasteiger partial charge in [-0.25, -0.2) is 0 Å². The molecular weight excluding hydrogens is 364 g/mol. The minimum Gasteiger partial charge on any atom is -0.496 e. The number of nitrogens with zero attached hydrogens (tertiary/aromatic N) is 1. The molecule has 0 aromatic heterocycles. The first-order chi connectivity index (χ1) is 13.1. The SMILES string of the molecule is COc1ccccc1CN1C[C@H](C(=O)NCc2cccc(Cl)c2)CCC1=O. The molecule has 27 heavy (non-hydrogen) atoms. The Morgan fingerprint density at radius 1 is 1.26 bits per heavy atom. The molecule has 1 aliphatic rings. The summed E-state index contributed by atoms with van der Waals surface area (Å²) < 4.78 is 5.37. The van der Waals surface area contributed by atoms with Crippen LogP contribution in [0.5, 0.6) is 5.75 Å². The molecule has 0 saturated carbocycles. The Hall–Kier alpha value is -2.53. The van der Waals surface area contributed by atoms with Gasteiger partial charge < -0.3 is 15.0 Å². The minimum atomic E-state index is -0.211. The molecule has 2 aromatic rings. The summed E-state index contributed by atoms with van der Waals surface area (Å²) in [4.78, 5) is 26.6. The normalized spacial score (nSPS) is 16.9. The van der Waals surface area contributed by atoms with Crippen LogP contribution in [-0.4, -0.2) is 30.4 Å². The number of halogens is 1. The van der Waals surface area contributed by atoms with Gasteiger partial charge in [-0.3, -0.25) is 9.59 Å². The van der Waals surface area contributed by atoms with Crippen LogP contribution in [0.4, 0.5) is 0 Å². The molecule has 3 rings (SSSR count). The molecule has 0 spiro atoms. The molecule has 0 radical (unpaired) electrons. The fraction of sp³-hybridized carbons (Fsp3) is 0.333. The third kappa shape index (κ3) is 5.01. The Morgan fingerprint density at radius 2 is 2.07 bits per heavy atom. The molecule has 1 N–H and O–H groups in total. The number of likely N-dealkylation sites (tertiary alicyclic amines) is 1. The number of ether oxygens (including phenoxy) is 1. The second kappa shape index (κ2) is 8.91. The van der Waals surface area contributed by atoms with Crippen LogP contribution >= 0.6 is 11.6 Å². The summed E-state index contributed by atoms with van der Waals surface area (Å²) in [5.74, 6) is 0.571. The number of methoxy groups -OCH3 is 1. The molecule has 2 amide bonds. The highest BCUT2D eigenvalue weighted by atomic mass is 35.5. The van der Waals surface area contributed by atoms with Gasteiger partial charge in [0.15, 0.2) is 0 Å². The van der Waals surface area contributed by atoms with E-state index in [0.717, 1.165) is 16.9 Å². The lowest BCUT2D eigenvalue weighted by Gasteiger charge is -2.32. The molecule has 1 heterocycles. The second-order valence-electron chi connectivity index (χ2n) is 6.67. The molecular formula is C21H23ClN2O3. The number of benzene rings is 2. The van der Waals surface area contributed by atoms with Crippen molar-refractivity contribution in [3.05, 3.63) is 64.7 Å². The van der Waals surface area contributed by atoms with Crippen molar-refractivity contribution in [3.8, 4) is 5.75 Å². The lowest BCUT2D eigenvalue weighted by Crippen LogP contribution is -2.45. The zero-order valence-corrected chi connectivity index (χ0v) is 16.0. The topological polar surface area (TPSA) is 58.6 Å². The van der Waals surface area contributed by atoms with Crippen LogP contribution in [0.3, 0.4) is 0 Å². The van der Waals surface area contributed by atoms with E-state index in [9.17, 15) is 9.59 Å². The average Bonchev–Trinajstić information content (AvgIpc) is 2.68. The summed E-state index contributed by atoms with van der Waals surface area (Å²) in [6.07, 6.45) is 0.951. The van der Waals surface area contributed by atoms with E-state index in [2.05, 4.69) is 5.32 Å². The number of hydrogen-bond donors (Lipinski definition) is 1. The number of carbonyl (C=O) groups excluding carboxylic acids is 2. The average molecular weight is 387 g/mol. The number of hydrogen-bond acceptors (Lipinski definition) is 3. The largest absolute Gasteiger partial charge is 0.496 e.